The predicted molar refractivity (Wildman–Crippen MR) is 67.5 cm³/mol. The summed E-state index contributed by atoms with van der Waals surface area (Å²) < 4.78 is 21.5. The number of rotatable bonds is 3. The van der Waals surface area contributed by atoms with Crippen LogP contribution in [0, 0.1) is 0 Å². The van der Waals surface area contributed by atoms with Gasteiger partial charge in [0.25, 0.3) is 0 Å². The Labute approximate surface area is 121 Å². The molecule has 3 fully saturated rings. The number of esters is 1. The molecule has 3 rings (SSSR count). The van der Waals surface area contributed by atoms with Crippen molar-refractivity contribution in [2.75, 3.05) is 26.9 Å². The number of amides is 1. The molecule has 0 aliphatic carbocycles. The van der Waals surface area contributed by atoms with E-state index in [9.17, 15) is 14.7 Å². The van der Waals surface area contributed by atoms with E-state index in [0.29, 0.717) is 6.54 Å². The van der Waals surface area contributed by atoms with Gasteiger partial charge in [-0.05, 0) is 6.92 Å². The minimum atomic E-state index is -1.43. The molecular formula is C13H19NO7. The lowest BCUT2D eigenvalue weighted by atomic mass is 9.93. The summed E-state index contributed by atoms with van der Waals surface area (Å²) in [5, 5.41) is 9.59. The third-order valence-electron chi connectivity index (χ3n) is 4.45. The Morgan fingerprint density at radius 2 is 2.29 bits per heavy atom. The Kier molecular flexibility index (Phi) is 3.54. The Morgan fingerprint density at radius 3 is 2.90 bits per heavy atom. The van der Waals surface area contributed by atoms with Gasteiger partial charge in [0.05, 0.1) is 26.4 Å². The number of fused-ring (bicyclic) bond motifs is 3. The van der Waals surface area contributed by atoms with Crippen LogP contribution in [0.1, 0.15) is 13.3 Å². The van der Waals surface area contributed by atoms with Gasteiger partial charge >= 0.3 is 12.1 Å². The maximum Gasteiger partial charge on any atom is 0.410 e. The molecule has 3 aliphatic rings. The summed E-state index contributed by atoms with van der Waals surface area (Å²) in [4.78, 5) is 25.4. The second kappa shape index (κ2) is 5.11. The van der Waals surface area contributed by atoms with Gasteiger partial charge in [-0.25, -0.2) is 9.59 Å². The molecule has 118 valence electrons. The number of nitrogens with zero attached hydrogens (tertiary/aromatic N) is 1. The first-order valence-corrected chi connectivity index (χ1v) is 7.02. The quantitative estimate of drug-likeness (QED) is 0.688. The molecule has 0 aromatic rings. The molecule has 0 unspecified atom stereocenters. The molecule has 1 N–H and O–H groups in total. The topological polar surface area (TPSA) is 94.5 Å². The van der Waals surface area contributed by atoms with E-state index in [-0.39, 0.29) is 25.2 Å². The van der Waals surface area contributed by atoms with Gasteiger partial charge in [-0.1, -0.05) is 0 Å². The van der Waals surface area contributed by atoms with E-state index in [1.54, 1.807) is 4.90 Å². The molecule has 0 spiro atoms. The molecule has 0 aromatic heterocycles. The van der Waals surface area contributed by atoms with Crippen LogP contribution in [0.4, 0.5) is 4.79 Å². The summed E-state index contributed by atoms with van der Waals surface area (Å²) in [5.41, 5.74) is -1.43. The maximum atomic E-state index is 11.9. The van der Waals surface area contributed by atoms with Crippen LogP contribution in [-0.2, 0) is 23.7 Å². The standard InChI is InChI=1S/C13H19NO7/c1-3-14-9-8(20-12(14)17)5-19-7-4-13(6-15,11(16)18-2)21-10(7)9/h7-10,15H,3-6H2,1-2H3/t7-,8-,9-,10+,13+/m1/s1. The zero-order chi connectivity index (χ0) is 15.2. The summed E-state index contributed by atoms with van der Waals surface area (Å²) >= 11 is 0. The van der Waals surface area contributed by atoms with Gasteiger partial charge in [0.2, 0.25) is 0 Å². The number of carbonyl (C=O) groups is 2. The van der Waals surface area contributed by atoms with E-state index >= 15 is 0 Å². The van der Waals surface area contributed by atoms with Gasteiger partial charge in [-0.2, -0.15) is 0 Å². The number of carbonyl (C=O) groups excluding carboxylic acids is 2. The van der Waals surface area contributed by atoms with Crippen LogP contribution in [0.3, 0.4) is 0 Å². The molecule has 0 saturated carbocycles. The third-order valence-corrected chi connectivity index (χ3v) is 4.45. The average molecular weight is 301 g/mol. The Bertz CT molecular complexity index is 456. The van der Waals surface area contributed by atoms with Gasteiger partial charge in [0.15, 0.2) is 5.60 Å². The maximum absolute atomic E-state index is 11.9. The molecule has 0 bridgehead atoms. The molecule has 0 aromatic carbocycles. The van der Waals surface area contributed by atoms with Crippen LogP contribution in [0.15, 0.2) is 0 Å². The highest BCUT2D eigenvalue weighted by atomic mass is 16.6. The first-order chi connectivity index (χ1) is 10.1. The van der Waals surface area contributed by atoms with E-state index in [0.717, 1.165) is 0 Å². The van der Waals surface area contributed by atoms with Crippen molar-refractivity contribution >= 4 is 12.1 Å². The number of ether oxygens (including phenoxy) is 4. The molecule has 3 saturated heterocycles. The minimum Gasteiger partial charge on any atom is -0.467 e. The lowest BCUT2D eigenvalue weighted by Crippen LogP contribution is -2.55. The van der Waals surface area contributed by atoms with Crippen molar-refractivity contribution in [3.8, 4) is 0 Å². The van der Waals surface area contributed by atoms with Crippen molar-refractivity contribution in [2.24, 2.45) is 0 Å². The highest BCUT2D eigenvalue weighted by Crippen LogP contribution is 2.42. The van der Waals surface area contributed by atoms with Crippen molar-refractivity contribution in [1.82, 2.24) is 4.90 Å². The Morgan fingerprint density at radius 1 is 1.52 bits per heavy atom. The monoisotopic (exact) mass is 301 g/mol. The smallest absolute Gasteiger partial charge is 0.410 e. The number of likely N-dealkylation sites (N-methyl/N-ethyl adjacent to an activating group) is 1. The number of methoxy groups -OCH3 is 1. The Balaban J connectivity index is 1.87. The summed E-state index contributed by atoms with van der Waals surface area (Å²) in [6.45, 7) is 2.11. The number of hydrogen-bond acceptors (Lipinski definition) is 7. The van der Waals surface area contributed by atoms with E-state index in [4.69, 9.17) is 18.9 Å². The minimum absolute atomic E-state index is 0.204. The molecule has 3 heterocycles. The lowest BCUT2D eigenvalue weighted by Gasteiger charge is -2.36. The second-order valence-corrected chi connectivity index (χ2v) is 5.50. The second-order valence-electron chi connectivity index (χ2n) is 5.50. The van der Waals surface area contributed by atoms with Gasteiger partial charge in [-0.3, -0.25) is 4.90 Å². The molecule has 21 heavy (non-hydrogen) atoms. The van der Waals surface area contributed by atoms with Gasteiger partial charge in [-0.15, -0.1) is 0 Å². The molecular weight excluding hydrogens is 282 g/mol. The summed E-state index contributed by atoms with van der Waals surface area (Å²) in [7, 11) is 1.25. The summed E-state index contributed by atoms with van der Waals surface area (Å²) in [6.07, 6.45) is -1.50. The fourth-order valence-corrected chi connectivity index (χ4v) is 3.42. The summed E-state index contributed by atoms with van der Waals surface area (Å²) in [6, 6.07) is -0.306. The van der Waals surface area contributed by atoms with E-state index in [2.05, 4.69) is 0 Å². The Hall–Kier alpha value is -1.38. The normalized spacial score (nSPS) is 41.5. The first-order valence-electron chi connectivity index (χ1n) is 7.02. The molecule has 5 atom stereocenters. The molecule has 8 nitrogen and oxygen atoms in total. The van der Waals surface area contributed by atoms with Crippen LogP contribution in [0.5, 0.6) is 0 Å². The zero-order valence-corrected chi connectivity index (χ0v) is 12.0. The summed E-state index contributed by atoms with van der Waals surface area (Å²) in [5.74, 6) is -0.632. The van der Waals surface area contributed by atoms with Crippen molar-refractivity contribution in [2.45, 2.75) is 43.3 Å². The number of aliphatic hydroxyl groups excluding tert-OH is 1. The van der Waals surface area contributed by atoms with Crippen LogP contribution in [-0.4, -0.2) is 78.9 Å². The van der Waals surface area contributed by atoms with E-state index in [1.807, 2.05) is 6.92 Å². The van der Waals surface area contributed by atoms with Crippen molar-refractivity contribution in [3.63, 3.8) is 0 Å². The van der Waals surface area contributed by atoms with Crippen LogP contribution in [0.2, 0.25) is 0 Å². The SMILES string of the molecule is CCN1C(=O)O[C@@H]2CO[C@@H]3C[C@](CO)(C(=O)OC)O[C@@H]3[C@@H]21. The highest BCUT2D eigenvalue weighted by Gasteiger charge is 2.61. The average Bonchev–Trinajstić information content (AvgIpc) is 3.03. The van der Waals surface area contributed by atoms with Crippen molar-refractivity contribution < 1.29 is 33.6 Å². The molecule has 3 aliphatic heterocycles. The molecule has 0 radical (unpaired) electrons. The van der Waals surface area contributed by atoms with Crippen molar-refractivity contribution in [1.29, 1.82) is 0 Å². The third kappa shape index (κ3) is 2.01. The largest absolute Gasteiger partial charge is 0.467 e. The predicted octanol–water partition coefficient (Wildman–Crippen LogP) is -0.712. The molecule has 1 amide bonds. The fourth-order valence-electron chi connectivity index (χ4n) is 3.42. The number of aliphatic hydroxyl groups is 1. The van der Waals surface area contributed by atoms with Gasteiger partial charge in [0.1, 0.15) is 18.2 Å². The van der Waals surface area contributed by atoms with E-state index in [1.165, 1.54) is 7.11 Å². The van der Waals surface area contributed by atoms with E-state index < -0.39 is 36.5 Å². The zero-order valence-electron chi connectivity index (χ0n) is 12.0. The van der Waals surface area contributed by atoms with Crippen LogP contribution < -0.4 is 0 Å². The lowest BCUT2D eigenvalue weighted by molar-refractivity contribution is -0.181. The van der Waals surface area contributed by atoms with Crippen LogP contribution in [0.25, 0.3) is 0 Å². The number of hydrogen-bond donors (Lipinski definition) is 1. The first kappa shape index (κ1) is 14.6. The van der Waals surface area contributed by atoms with Gasteiger partial charge in [0, 0.05) is 13.0 Å². The highest BCUT2D eigenvalue weighted by molar-refractivity contribution is 5.80. The van der Waals surface area contributed by atoms with Crippen LogP contribution >= 0.6 is 0 Å². The van der Waals surface area contributed by atoms with Gasteiger partial charge < -0.3 is 24.1 Å². The van der Waals surface area contributed by atoms with Crippen molar-refractivity contribution in [3.05, 3.63) is 0 Å². The molecule has 8 heteroatoms. The fraction of sp³-hybridized carbons (Fsp3) is 0.846.